The Morgan fingerprint density at radius 2 is 1.91 bits per heavy atom. The quantitative estimate of drug-likeness (QED) is 0.616. The normalized spacial score (nSPS) is 13.0. The molecule has 0 bridgehead atoms. The van der Waals surface area contributed by atoms with Crippen molar-refractivity contribution in [3.8, 4) is 0 Å². The summed E-state index contributed by atoms with van der Waals surface area (Å²) in [5.74, 6) is 0. The van der Waals surface area contributed by atoms with Gasteiger partial charge in [-0.2, -0.15) is 0 Å². The molecule has 1 aromatic rings. The Kier molecular flexibility index (Phi) is 2.93. The van der Waals surface area contributed by atoms with Gasteiger partial charge in [-0.1, -0.05) is 12.1 Å². The second-order valence-corrected chi connectivity index (χ2v) is 3.62. The van der Waals surface area contributed by atoms with Gasteiger partial charge in [-0.25, -0.2) is 5.11 Å². The second kappa shape index (κ2) is 3.76. The van der Waals surface area contributed by atoms with Gasteiger partial charge in [0, 0.05) is 0 Å². The van der Waals surface area contributed by atoms with Gasteiger partial charge in [0.25, 0.3) is 0 Å². The van der Waals surface area contributed by atoms with E-state index >= 15 is 0 Å². The first-order chi connectivity index (χ1) is 5.24. The summed E-state index contributed by atoms with van der Waals surface area (Å²) in [6.07, 6.45) is 1.62. The van der Waals surface area contributed by atoms with Gasteiger partial charge in [-0.3, -0.25) is 0 Å². The fourth-order valence-electron chi connectivity index (χ4n) is 0.777. The molecule has 59 valence electrons. The third kappa shape index (κ3) is 2.22. The van der Waals surface area contributed by atoms with Crippen LogP contribution in [0.25, 0.3) is 0 Å². The standard InChI is InChI=1S/C8H9O2S/c1-11(10)8-4-2-7(6-9)3-5-8/h2-5H,6H2,1H3. The number of hydrogen-bond donors (Lipinski definition) is 0. The van der Waals surface area contributed by atoms with Crippen LogP contribution in [0.2, 0.25) is 0 Å². The molecular formula is C8H9O2S. The van der Waals surface area contributed by atoms with Crippen molar-refractivity contribution in [2.45, 2.75) is 11.5 Å². The molecule has 0 aliphatic carbocycles. The van der Waals surface area contributed by atoms with E-state index in [1.165, 1.54) is 0 Å². The minimum Gasteiger partial charge on any atom is -0.612 e. The van der Waals surface area contributed by atoms with E-state index in [1.807, 2.05) is 0 Å². The summed E-state index contributed by atoms with van der Waals surface area (Å²) in [4.78, 5) is 0.766. The van der Waals surface area contributed by atoms with Crippen LogP contribution >= 0.6 is 0 Å². The molecule has 0 heterocycles. The van der Waals surface area contributed by atoms with Crippen molar-refractivity contribution < 1.29 is 9.66 Å². The van der Waals surface area contributed by atoms with Crippen LogP contribution in [-0.2, 0) is 22.9 Å². The van der Waals surface area contributed by atoms with Crippen LogP contribution in [0.5, 0.6) is 0 Å². The Hall–Kier alpha value is -0.510. The molecule has 0 aliphatic rings. The van der Waals surface area contributed by atoms with Gasteiger partial charge in [0.15, 0.2) is 4.90 Å². The molecular weight excluding hydrogens is 160 g/mol. The van der Waals surface area contributed by atoms with E-state index in [2.05, 4.69) is 0 Å². The maximum absolute atomic E-state index is 10.9. The number of hydrogen-bond acceptors (Lipinski definition) is 1. The summed E-state index contributed by atoms with van der Waals surface area (Å²) in [7, 11) is 0. The van der Waals surface area contributed by atoms with Crippen LogP contribution in [0.3, 0.4) is 0 Å². The number of rotatable bonds is 2. The van der Waals surface area contributed by atoms with Gasteiger partial charge >= 0.3 is 0 Å². The summed E-state index contributed by atoms with van der Waals surface area (Å²) in [6.45, 7) is -0.212. The van der Waals surface area contributed by atoms with Crippen LogP contribution < -0.4 is 0 Å². The van der Waals surface area contributed by atoms with Gasteiger partial charge < -0.3 is 4.55 Å². The first-order valence-electron chi connectivity index (χ1n) is 3.24. The van der Waals surface area contributed by atoms with Gasteiger partial charge in [0.1, 0.15) is 12.9 Å². The minimum atomic E-state index is -0.941. The molecule has 11 heavy (non-hydrogen) atoms. The van der Waals surface area contributed by atoms with Crippen molar-refractivity contribution >= 4 is 11.2 Å². The van der Waals surface area contributed by atoms with E-state index in [0.717, 1.165) is 10.5 Å². The summed E-state index contributed by atoms with van der Waals surface area (Å²) in [5, 5.41) is 10.3. The summed E-state index contributed by atoms with van der Waals surface area (Å²) in [5.41, 5.74) is 0.735. The van der Waals surface area contributed by atoms with Crippen LogP contribution in [0, 0.1) is 0 Å². The highest BCUT2D eigenvalue weighted by molar-refractivity contribution is 7.90. The summed E-state index contributed by atoms with van der Waals surface area (Å²) < 4.78 is 10.9. The maximum atomic E-state index is 10.9. The van der Waals surface area contributed by atoms with Gasteiger partial charge in [0.05, 0.1) is 0 Å². The van der Waals surface area contributed by atoms with Crippen LogP contribution in [0.1, 0.15) is 5.56 Å². The highest BCUT2D eigenvalue weighted by atomic mass is 32.2. The first-order valence-corrected chi connectivity index (χ1v) is 4.80. The molecule has 0 N–H and O–H groups in total. The van der Waals surface area contributed by atoms with E-state index in [1.54, 1.807) is 30.5 Å². The average Bonchev–Trinajstić information content (AvgIpc) is 2.05. The molecule has 0 amide bonds. The Bertz CT molecular complexity index is 218. The Morgan fingerprint density at radius 3 is 2.27 bits per heavy atom. The SMILES string of the molecule is C[S+]([O-])c1ccc(C[O])cc1. The molecule has 3 heteroatoms. The van der Waals surface area contributed by atoms with Crippen molar-refractivity contribution in [2.75, 3.05) is 6.26 Å². The van der Waals surface area contributed by atoms with E-state index in [4.69, 9.17) is 0 Å². The lowest BCUT2D eigenvalue weighted by atomic mass is 10.2. The molecule has 0 aliphatic heterocycles. The lowest BCUT2D eigenvalue weighted by molar-refractivity contribution is 0.177. The fourth-order valence-corrected chi connectivity index (χ4v) is 1.30. The average molecular weight is 169 g/mol. The highest BCUT2D eigenvalue weighted by Crippen LogP contribution is 2.09. The topological polar surface area (TPSA) is 43.0 Å². The van der Waals surface area contributed by atoms with E-state index in [0.29, 0.717) is 0 Å². The van der Waals surface area contributed by atoms with Crippen molar-refractivity contribution in [2.24, 2.45) is 0 Å². The van der Waals surface area contributed by atoms with Crippen molar-refractivity contribution in [1.29, 1.82) is 0 Å². The second-order valence-electron chi connectivity index (χ2n) is 2.24. The molecule has 2 nitrogen and oxygen atoms in total. The van der Waals surface area contributed by atoms with E-state index in [-0.39, 0.29) is 6.61 Å². The molecule has 0 fully saturated rings. The lowest BCUT2D eigenvalue weighted by Crippen LogP contribution is -1.96. The van der Waals surface area contributed by atoms with E-state index in [9.17, 15) is 9.66 Å². The summed E-state index contributed by atoms with van der Waals surface area (Å²) >= 11 is -0.941. The van der Waals surface area contributed by atoms with Gasteiger partial charge in [-0.05, 0) is 28.9 Å². The van der Waals surface area contributed by atoms with Crippen LogP contribution in [0.4, 0.5) is 0 Å². The summed E-state index contributed by atoms with van der Waals surface area (Å²) in [6, 6.07) is 6.88. The van der Waals surface area contributed by atoms with Crippen LogP contribution in [0.15, 0.2) is 29.2 Å². The third-order valence-electron chi connectivity index (χ3n) is 1.42. The molecule has 1 aromatic carbocycles. The molecule has 0 spiro atoms. The zero-order valence-electron chi connectivity index (χ0n) is 6.24. The molecule has 1 rings (SSSR count). The molecule has 0 saturated heterocycles. The molecule has 1 unspecified atom stereocenters. The number of benzene rings is 1. The zero-order chi connectivity index (χ0) is 8.27. The third-order valence-corrected chi connectivity index (χ3v) is 2.36. The smallest absolute Gasteiger partial charge is 0.152 e. The van der Waals surface area contributed by atoms with Crippen LogP contribution in [-0.4, -0.2) is 10.8 Å². The Labute approximate surface area is 69.0 Å². The Morgan fingerprint density at radius 1 is 1.36 bits per heavy atom. The van der Waals surface area contributed by atoms with Gasteiger partial charge in [0.2, 0.25) is 0 Å². The predicted octanol–water partition coefficient (Wildman–Crippen LogP) is 1.35. The highest BCUT2D eigenvalue weighted by Gasteiger charge is 2.01. The van der Waals surface area contributed by atoms with E-state index < -0.39 is 11.2 Å². The zero-order valence-corrected chi connectivity index (χ0v) is 7.06. The monoisotopic (exact) mass is 169 g/mol. The molecule has 1 atom stereocenters. The van der Waals surface area contributed by atoms with Crippen molar-refractivity contribution in [1.82, 2.24) is 0 Å². The largest absolute Gasteiger partial charge is 0.612 e. The predicted molar refractivity (Wildman–Crippen MR) is 43.2 cm³/mol. The van der Waals surface area contributed by atoms with Gasteiger partial charge in [-0.15, -0.1) is 0 Å². The maximum Gasteiger partial charge on any atom is 0.152 e. The Balaban J connectivity index is 2.83. The molecule has 0 aromatic heterocycles. The minimum absolute atomic E-state index is 0.212. The molecule has 0 saturated carbocycles. The fraction of sp³-hybridized carbons (Fsp3) is 0.250. The van der Waals surface area contributed by atoms with Crippen molar-refractivity contribution in [3.63, 3.8) is 0 Å². The van der Waals surface area contributed by atoms with Crippen molar-refractivity contribution in [3.05, 3.63) is 29.8 Å². The first kappa shape index (κ1) is 8.59. The molecule has 1 radical (unpaired) electrons. The lowest BCUT2D eigenvalue weighted by Gasteiger charge is -2.03.